The van der Waals surface area contributed by atoms with E-state index in [-0.39, 0.29) is 0 Å². The molecular weight excluding hydrogens is 759 g/mol. The number of hydrogen-bond donors (Lipinski definition) is 0. The molecule has 0 radical (unpaired) electrons. The predicted molar refractivity (Wildman–Crippen MR) is 261 cm³/mol. The van der Waals surface area contributed by atoms with Crippen molar-refractivity contribution in [2.45, 2.75) is 0 Å². The molecule has 12 rings (SSSR count). The van der Waals surface area contributed by atoms with E-state index in [0.717, 1.165) is 50.1 Å². The number of thiophene rings is 1. The summed E-state index contributed by atoms with van der Waals surface area (Å²) in [6.45, 7) is 0. The second-order valence-electron chi connectivity index (χ2n) is 15.6. The summed E-state index contributed by atoms with van der Waals surface area (Å²) in [5, 5.41) is 7.15. The zero-order valence-corrected chi connectivity index (χ0v) is 33.9. The second-order valence-corrected chi connectivity index (χ2v) is 16.7. The van der Waals surface area contributed by atoms with Crippen molar-refractivity contribution in [1.82, 2.24) is 0 Å². The lowest BCUT2D eigenvalue weighted by Crippen LogP contribution is -2.10. The molecule has 0 amide bonds. The predicted octanol–water partition coefficient (Wildman–Crippen LogP) is 17.2. The Morgan fingerprint density at radius 3 is 1.75 bits per heavy atom. The third-order valence-electron chi connectivity index (χ3n) is 12.1. The summed E-state index contributed by atoms with van der Waals surface area (Å²) in [4.78, 5) is 2.42. The van der Waals surface area contributed by atoms with Crippen molar-refractivity contribution in [3.05, 3.63) is 224 Å². The lowest BCUT2D eigenvalue weighted by molar-refractivity contribution is 0.670. The number of benzene rings is 10. The fraction of sp³-hybridized carbons (Fsp3) is 0. The van der Waals surface area contributed by atoms with E-state index in [1.54, 1.807) is 0 Å². The van der Waals surface area contributed by atoms with Gasteiger partial charge in [0, 0.05) is 42.5 Å². The van der Waals surface area contributed by atoms with Crippen molar-refractivity contribution in [1.29, 1.82) is 0 Å². The Morgan fingerprint density at radius 2 is 0.984 bits per heavy atom. The normalized spacial score (nSPS) is 11.6. The summed E-state index contributed by atoms with van der Waals surface area (Å²) in [5.41, 5.74) is 14.5. The molecule has 0 saturated carbocycles. The van der Waals surface area contributed by atoms with E-state index in [1.165, 1.54) is 64.3 Å². The van der Waals surface area contributed by atoms with Crippen molar-refractivity contribution in [2.75, 3.05) is 4.90 Å². The Kier molecular flexibility index (Phi) is 8.39. The highest BCUT2D eigenvalue weighted by Gasteiger charge is 2.23. The third kappa shape index (κ3) is 6.01. The molecule has 12 aromatic rings. The Morgan fingerprint density at radius 1 is 0.361 bits per heavy atom. The second kappa shape index (κ2) is 14.5. The van der Waals surface area contributed by atoms with Gasteiger partial charge in [-0.25, -0.2) is 0 Å². The first kappa shape index (κ1) is 35.2. The van der Waals surface area contributed by atoms with Crippen LogP contribution < -0.4 is 4.90 Å². The average molecular weight is 796 g/mol. The van der Waals surface area contributed by atoms with Crippen LogP contribution in [0.15, 0.2) is 229 Å². The minimum absolute atomic E-state index is 0.871. The first-order valence-electron chi connectivity index (χ1n) is 20.7. The lowest BCUT2D eigenvalue weighted by atomic mass is 9.89. The van der Waals surface area contributed by atoms with Gasteiger partial charge >= 0.3 is 0 Å². The van der Waals surface area contributed by atoms with Gasteiger partial charge in [0.1, 0.15) is 11.2 Å². The number of rotatable bonds is 7. The van der Waals surface area contributed by atoms with Crippen LogP contribution in [0.4, 0.5) is 17.1 Å². The molecule has 0 atom stereocenters. The minimum Gasteiger partial charge on any atom is -0.455 e. The maximum absolute atomic E-state index is 6.81. The maximum atomic E-state index is 6.81. The van der Waals surface area contributed by atoms with Gasteiger partial charge in [-0.15, -0.1) is 11.3 Å². The first-order chi connectivity index (χ1) is 30.2. The third-order valence-corrected chi connectivity index (χ3v) is 13.2. The minimum atomic E-state index is 0.871. The molecule has 0 fully saturated rings. The molecule has 0 aliphatic carbocycles. The van der Waals surface area contributed by atoms with Crippen molar-refractivity contribution >= 4 is 81.3 Å². The van der Waals surface area contributed by atoms with Gasteiger partial charge in [-0.3, -0.25) is 0 Å². The Hall–Kier alpha value is -7.72. The summed E-state index contributed by atoms with van der Waals surface area (Å²) < 4.78 is 9.36. The molecule has 0 aliphatic rings. The largest absolute Gasteiger partial charge is 0.455 e. The number of nitrogens with zero attached hydrogens (tertiary/aromatic N) is 1. The molecule has 61 heavy (non-hydrogen) atoms. The van der Waals surface area contributed by atoms with Crippen LogP contribution in [0, 0.1) is 0 Å². The molecule has 0 aliphatic heterocycles. The van der Waals surface area contributed by atoms with Gasteiger partial charge in [-0.2, -0.15) is 0 Å². The summed E-state index contributed by atoms with van der Waals surface area (Å²) in [6, 6.07) is 81.1. The molecule has 2 aromatic heterocycles. The molecule has 0 N–H and O–H groups in total. The lowest BCUT2D eigenvalue weighted by Gasteiger charge is -2.27. The zero-order valence-electron chi connectivity index (χ0n) is 33.1. The summed E-state index contributed by atoms with van der Waals surface area (Å²) in [6.07, 6.45) is 0. The highest BCUT2D eigenvalue weighted by molar-refractivity contribution is 7.25. The number of anilines is 3. The SMILES string of the molecule is c1ccc(-c2ccc3c(c2)sc2ccc(N(c4ccc(-c5c(-c6ccccc6)ccc6ccccc56)cc4)c4ccc(-c5ccccc5)c5oc6ccccc6c45)cc23)cc1. The van der Waals surface area contributed by atoms with Crippen molar-refractivity contribution < 1.29 is 4.42 Å². The molecule has 0 spiro atoms. The highest BCUT2D eigenvalue weighted by Crippen LogP contribution is 2.48. The molecule has 2 nitrogen and oxygen atoms in total. The molecule has 0 bridgehead atoms. The van der Waals surface area contributed by atoms with E-state index >= 15 is 0 Å². The van der Waals surface area contributed by atoms with Crippen LogP contribution >= 0.6 is 11.3 Å². The van der Waals surface area contributed by atoms with Crippen LogP contribution in [0.3, 0.4) is 0 Å². The smallest absolute Gasteiger partial charge is 0.145 e. The Bertz CT molecular complexity index is 3570. The van der Waals surface area contributed by atoms with Gasteiger partial charge in [-0.1, -0.05) is 170 Å². The van der Waals surface area contributed by atoms with Crippen LogP contribution in [-0.2, 0) is 0 Å². The van der Waals surface area contributed by atoms with Crippen molar-refractivity contribution in [3.8, 4) is 44.5 Å². The summed E-state index contributed by atoms with van der Waals surface area (Å²) in [5.74, 6) is 0. The van der Waals surface area contributed by atoms with Gasteiger partial charge in [0.25, 0.3) is 0 Å². The fourth-order valence-electron chi connectivity index (χ4n) is 9.20. The monoisotopic (exact) mass is 795 g/mol. The molecular formula is C58H37NOS. The number of para-hydroxylation sites is 1. The van der Waals surface area contributed by atoms with Gasteiger partial charge in [-0.05, 0) is 104 Å². The molecule has 3 heteroatoms. The molecule has 0 unspecified atom stereocenters. The van der Waals surface area contributed by atoms with Crippen LogP contribution in [0.5, 0.6) is 0 Å². The van der Waals surface area contributed by atoms with Gasteiger partial charge in [0.2, 0.25) is 0 Å². The van der Waals surface area contributed by atoms with E-state index in [0.29, 0.717) is 0 Å². The number of hydrogen-bond acceptors (Lipinski definition) is 3. The summed E-state index contributed by atoms with van der Waals surface area (Å²) >= 11 is 1.85. The van der Waals surface area contributed by atoms with Crippen LogP contribution in [-0.4, -0.2) is 0 Å². The molecule has 286 valence electrons. The standard InChI is InChI=1S/C58H37NOS/c1-4-14-38(15-5-1)43-27-32-49-51-37-45(30-35-54(51)61-55(49)36-43)59(52-34-33-48(40-18-8-3-9-19-40)58-57(52)50-22-12-13-23-53(50)60-58)44-28-24-42(25-29-44)56-46-21-11-10-20-41(46)26-31-47(56)39-16-6-2-7-17-39/h1-37H. The highest BCUT2D eigenvalue weighted by atomic mass is 32.1. The Labute approximate surface area is 357 Å². The van der Waals surface area contributed by atoms with Crippen molar-refractivity contribution in [3.63, 3.8) is 0 Å². The van der Waals surface area contributed by atoms with Gasteiger partial charge in [0.05, 0.1) is 11.1 Å². The van der Waals surface area contributed by atoms with E-state index < -0.39 is 0 Å². The molecule has 2 heterocycles. The molecule has 0 saturated heterocycles. The van der Waals surface area contributed by atoms with E-state index in [2.05, 4.69) is 229 Å². The van der Waals surface area contributed by atoms with Gasteiger partial charge in [0.15, 0.2) is 0 Å². The Balaban J connectivity index is 1.08. The first-order valence-corrected chi connectivity index (χ1v) is 21.6. The number of furan rings is 1. The summed E-state index contributed by atoms with van der Waals surface area (Å²) in [7, 11) is 0. The van der Waals surface area contributed by atoms with E-state index in [9.17, 15) is 0 Å². The van der Waals surface area contributed by atoms with Crippen molar-refractivity contribution in [2.24, 2.45) is 0 Å². The maximum Gasteiger partial charge on any atom is 0.145 e. The average Bonchev–Trinajstić information content (AvgIpc) is 3.91. The van der Waals surface area contributed by atoms with Crippen LogP contribution in [0.25, 0.3) is 97.4 Å². The topological polar surface area (TPSA) is 16.4 Å². The van der Waals surface area contributed by atoms with E-state index in [1.807, 2.05) is 11.3 Å². The van der Waals surface area contributed by atoms with Crippen LogP contribution in [0.1, 0.15) is 0 Å². The zero-order chi connectivity index (χ0) is 40.3. The molecule has 10 aromatic carbocycles. The van der Waals surface area contributed by atoms with E-state index in [4.69, 9.17) is 4.42 Å². The quantitative estimate of drug-likeness (QED) is 0.160. The number of fused-ring (bicyclic) bond motifs is 7. The van der Waals surface area contributed by atoms with Gasteiger partial charge < -0.3 is 9.32 Å². The van der Waals surface area contributed by atoms with Crippen LogP contribution in [0.2, 0.25) is 0 Å². The fourth-order valence-corrected chi connectivity index (χ4v) is 10.3.